The van der Waals surface area contributed by atoms with Crippen LogP contribution in [0, 0.1) is 0 Å². The summed E-state index contributed by atoms with van der Waals surface area (Å²) in [5.74, 6) is 0.250. The summed E-state index contributed by atoms with van der Waals surface area (Å²) in [4.78, 5) is 12.7. The van der Waals surface area contributed by atoms with Gasteiger partial charge in [0.2, 0.25) is 10.0 Å². The lowest BCUT2D eigenvalue weighted by Crippen LogP contribution is -2.34. The molecule has 0 fully saturated rings. The van der Waals surface area contributed by atoms with E-state index in [4.69, 9.17) is 17.0 Å². The third-order valence-electron chi connectivity index (χ3n) is 4.73. The van der Waals surface area contributed by atoms with E-state index in [0.717, 1.165) is 6.42 Å². The molecule has 0 spiro atoms. The van der Waals surface area contributed by atoms with Crippen molar-refractivity contribution >= 4 is 54.9 Å². The van der Waals surface area contributed by atoms with Gasteiger partial charge in [-0.25, -0.2) is 13.1 Å². The minimum Gasteiger partial charge on any atom is -0.492 e. The highest BCUT2D eigenvalue weighted by Gasteiger charge is 2.15. The van der Waals surface area contributed by atoms with E-state index in [2.05, 4.69) is 31.3 Å². The monoisotopic (exact) mass is 575 g/mol. The quantitative estimate of drug-likeness (QED) is 0.314. The lowest BCUT2D eigenvalue weighted by atomic mass is 10.2. The summed E-state index contributed by atoms with van der Waals surface area (Å²) < 4.78 is 33.5. The van der Waals surface area contributed by atoms with Crippen LogP contribution in [0.2, 0.25) is 0 Å². The third kappa shape index (κ3) is 8.14. The first kappa shape index (κ1) is 26.8. The largest absolute Gasteiger partial charge is 0.492 e. The molecule has 0 aliphatic heterocycles. The lowest BCUT2D eigenvalue weighted by Gasteiger charge is -2.13. The van der Waals surface area contributed by atoms with Crippen molar-refractivity contribution in [3.05, 3.63) is 88.4 Å². The van der Waals surface area contributed by atoms with Gasteiger partial charge in [0.15, 0.2) is 5.11 Å². The predicted octanol–water partition coefficient (Wildman–Crippen LogP) is 4.88. The van der Waals surface area contributed by atoms with E-state index in [1.54, 1.807) is 44.2 Å². The fourth-order valence-electron chi connectivity index (χ4n) is 3.12. The van der Waals surface area contributed by atoms with E-state index in [1.165, 1.54) is 17.7 Å². The van der Waals surface area contributed by atoms with Crippen LogP contribution in [0.5, 0.6) is 5.75 Å². The Labute approximate surface area is 219 Å². The standard InChI is InChI=1S/C25H26BrN3O4S2/c1-17(2)29-35(31,32)21-11-9-20(10-12-21)27-25(34)28-24(30)19-8-13-23(22(26)16-19)33-15-14-18-6-4-3-5-7-18/h3-13,16-17,29H,14-15H2,1-2H3,(H2,27,28,30,34). The Hall–Kier alpha value is -2.79. The van der Waals surface area contributed by atoms with Crippen molar-refractivity contribution in [3.63, 3.8) is 0 Å². The molecule has 0 bridgehead atoms. The Kier molecular flexibility index (Phi) is 9.39. The maximum absolute atomic E-state index is 12.6. The number of ether oxygens (including phenoxy) is 1. The van der Waals surface area contributed by atoms with Crippen molar-refractivity contribution in [2.75, 3.05) is 11.9 Å². The third-order valence-corrected chi connectivity index (χ3v) is 7.22. The average molecular weight is 577 g/mol. The number of benzene rings is 3. The molecule has 1 amide bonds. The highest BCUT2D eigenvalue weighted by atomic mass is 79.9. The molecule has 3 N–H and O–H groups in total. The smallest absolute Gasteiger partial charge is 0.257 e. The minimum absolute atomic E-state index is 0.0882. The van der Waals surface area contributed by atoms with Crippen LogP contribution in [-0.4, -0.2) is 32.1 Å². The average Bonchev–Trinajstić information content (AvgIpc) is 2.80. The molecule has 35 heavy (non-hydrogen) atoms. The molecule has 0 saturated heterocycles. The second-order valence-electron chi connectivity index (χ2n) is 7.94. The highest BCUT2D eigenvalue weighted by molar-refractivity contribution is 9.10. The Morgan fingerprint density at radius 1 is 1.03 bits per heavy atom. The van der Waals surface area contributed by atoms with Crippen LogP contribution >= 0.6 is 28.1 Å². The van der Waals surface area contributed by atoms with Gasteiger partial charge in [-0.1, -0.05) is 30.3 Å². The van der Waals surface area contributed by atoms with Gasteiger partial charge in [-0.3, -0.25) is 10.1 Å². The summed E-state index contributed by atoms with van der Waals surface area (Å²) in [6.45, 7) is 4.01. The number of sulfonamides is 1. The second kappa shape index (κ2) is 12.3. The molecule has 10 heteroatoms. The number of halogens is 1. The van der Waals surface area contributed by atoms with Crippen molar-refractivity contribution in [1.82, 2.24) is 10.0 Å². The summed E-state index contributed by atoms with van der Waals surface area (Å²) in [6.07, 6.45) is 0.774. The van der Waals surface area contributed by atoms with E-state index < -0.39 is 10.0 Å². The SMILES string of the molecule is CC(C)NS(=O)(=O)c1ccc(NC(=S)NC(=O)c2ccc(OCCc3ccccc3)c(Br)c2)cc1. The summed E-state index contributed by atoms with van der Waals surface area (Å²) in [7, 11) is -3.58. The number of amides is 1. The van der Waals surface area contributed by atoms with Gasteiger partial charge in [0.25, 0.3) is 5.91 Å². The Morgan fingerprint density at radius 2 is 1.71 bits per heavy atom. The van der Waals surface area contributed by atoms with Gasteiger partial charge >= 0.3 is 0 Å². The summed E-state index contributed by atoms with van der Waals surface area (Å²) in [5.41, 5.74) is 2.13. The zero-order valence-electron chi connectivity index (χ0n) is 19.2. The van der Waals surface area contributed by atoms with Crippen molar-refractivity contribution in [2.45, 2.75) is 31.2 Å². The van der Waals surface area contributed by atoms with Gasteiger partial charge in [-0.05, 0) is 90.0 Å². The summed E-state index contributed by atoms with van der Waals surface area (Å²) >= 11 is 8.68. The fraction of sp³-hybridized carbons (Fsp3) is 0.200. The molecule has 0 saturated carbocycles. The number of anilines is 1. The molecule has 0 aliphatic carbocycles. The van der Waals surface area contributed by atoms with Gasteiger partial charge in [-0.15, -0.1) is 0 Å². The molecule has 0 radical (unpaired) electrons. The van der Waals surface area contributed by atoms with Gasteiger partial charge in [0.05, 0.1) is 16.0 Å². The van der Waals surface area contributed by atoms with E-state index in [1.807, 2.05) is 30.3 Å². The first-order valence-electron chi connectivity index (χ1n) is 10.8. The predicted molar refractivity (Wildman–Crippen MR) is 145 cm³/mol. The molecular formula is C25H26BrN3O4S2. The maximum Gasteiger partial charge on any atom is 0.257 e. The number of hydrogen-bond donors (Lipinski definition) is 3. The van der Waals surface area contributed by atoms with Gasteiger partial charge in [0.1, 0.15) is 5.75 Å². The summed E-state index contributed by atoms with van der Waals surface area (Å²) in [5, 5.41) is 5.58. The van der Waals surface area contributed by atoms with Crippen LogP contribution in [0.1, 0.15) is 29.8 Å². The molecule has 3 rings (SSSR count). The molecule has 0 unspecified atom stereocenters. The van der Waals surface area contributed by atoms with Gasteiger partial charge in [-0.2, -0.15) is 0 Å². The first-order valence-corrected chi connectivity index (χ1v) is 13.5. The second-order valence-corrected chi connectivity index (χ2v) is 10.9. The van der Waals surface area contributed by atoms with Crippen molar-refractivity contribution in [2.24, 2.45) is 0 Å². The van der Waals surface area contributed by atoms with Crippen molar-refractivity contribution in [3.8, 4) is 5.75 Å². The summed E-state index contributed by atoms with van der Waals surface area (Å²) in [6, 6.07) is 21.0. The van der Waals surface area contributed by atoms with Gasteiger partial charge < -0.3 is 10.1 Å². The molecule has 3 aromatic rings. The molecule has 0 aromatic heterocycles. The van der Waals surface area contributed by atoms with Crippen LogP contribution in [-0.2, 0) is 16.4 Å². The normalized spacial score (nSPS) is 11.2. The molecular weight excluding hydrogens is 550 g/mol. The fourth-order valence-corrected chi connectivity index (χ4v) is 5.07. The molecule has 0 heterocycles. The van der Waals surface area contributed by atoms with Crippen LogP contribution in [0.3, 0.4) is 0 Å². The number of nitrogens with one attached hydrogen (secondary N) is 3. The van der Waals surface area contributed by atoms with Crippen LogP contribution < -0.4 is 20.1 Å². The molecule has 184 valence electrons. The molecule has 3 aromatic carbocycles. The number of rotatable bonds is 9. The Balaban J connectivity index is 1.53. The lowest BCUT2D eigenvalue weighted by molar-refractivity contribution is 0.0977. The number of hydrogen-bond acceptors (Lipinski definition) is 5. The van der Waals surface area contributed by atoms with E-state index >= 15 is 0 Å². The van der Waals surface area contributed by atoms with Gasteiger partial charge in [0, 0.05) is 23.7 Å². The topological polar surface area (TPSA) is 96.5 Å². The Morgan fingerprint density at radius 3 is 2.34 bits per heavy atom. The van der Waals surface area contributed by atoms with Crippen LogP contribution in [0.25, 0.3) is 0 Å². The Bertz CT molecular complexity index is 1280. The zero-order valence-corrected chi connectivity index (χ0v) is 22.5. The first-order chi connectivity index (χ1) is 16.6. The number of carbonyl (C=O) groups is 1. The van der Waals surface area contributed by atoms with E-state index in [0.29, 0.717) is 28.1 Å². The molecule has 0 aliphatic rings. The van der Waals surface area contributed by atoms with Crippen LogP contribution in [0.4, 0.5) is 5.69 Å². The van der Waals surface area contributed by atoms with Crippen molar-refractivity contribution < 1.29 is 17.9 Å². The van der Waals surface area contributed by atoms with E-state index in [9.17, 15) is 13.2 Å². The minimum atomic E-state index is -3.58. The molecule has 0 atom stereocenters. The maximum atomic E-state index is 12.6. The molecule has 7 nitrogen and oxygen atoms in total. The highest BCUT2D eigenvalue weighted by Crippen LogP contribution is 2.26. The van der Waals surface area contributed by atoms with Crippen LogP contribution in [0.15, 0.2) is 82.2 Å². The zero-order chi connectivity index (χ0) is 25.4. The van der Waals surface area contributed by atoms with E-state index in [-0.39, 0.29) is 22.0 Å². The van der Waals surface area contributed by atoms with Crippen molar-refractivity contribution in [1.29, 1.82) is 0 Å². The number of thiocarbonyl (C=S) groups is 1. The number of carbonyl (C=O) groups excluding carboxylic acids is 1.